The van der Waals surface area contributed by atoms with Crippen LogP contribution >= 0.6 is 0 Å². The zero-order valence-corrected chi connectivity index (χ0v) is 15.7. The van der Waals surface area contributed by atoms with E-state index in [-0.39, 0.29) is 11.6 Å². The van der Waals surface area contributed by atoms with Crippen molar-refractivity contribution in [1.82, 2.24) is 4.98 Å². The first-order valence-electron chi connectivity index (χ1n) is 8.70. The first-order chi connectivity index (χ1) is 13.5. The van der Waals surface area contributed by atoms with Gasteiger partial charge in [-0.25, -0.2) is 4.98 Å². The van der Waals surface area contributed by atoms with Crippen LogP contribution in [0.5, 0.6) is 0 Å². The number of amides is 1. The Morgan fingerprint density at radius 2 is 2.04 bits per heavy atom. The lowest BCUT2D eigenvalue weighted by Crippen LogP contribution is -2.22. The molecule has 1 aromatic heterocycles. The average Bonchev–Trinajstić information content (AvgIpc) is 2.72. The van der Waals surface area contributed by atoms with E-state index in [0.717, 1.165) is 33.3 Å². The summed E-state index contributed by atoms with van der Waals surface area (Å²) in [6, 6.07) is 15.5. The zero-order valence-electron chi connectivity index (χ0n) is 15.7. The number of aromatic nitrogens is 1. The molecule has 5 heteroatoms. The Morgan fingerprint density at radius 3 is 2.71 bits per heavy atom. The second-order valence-corrected chi connectivity index (χ2v) is 6.20. The zero-order chi connectivity index (χ0) is 20.1. The van der Waals surface area contributed by atoms with Gasteiger partial charge in [-0.05, 0) is 61.2 Å². The Hall–Kier alpha value is -3.91. The van der Waals surface area contributed by atoms with Gasteiger partial charge in [0.15, 0.2) is 0 Å². The third-order valence-electron chi connectivity index (χ3n) is 4.35. The summed E-state index contributed by atoms with van der Waals surface area (Å²) in [4.78, 5) is 20.9. The van der Waals surface area contributed by atoms with E-state index in [2.05, 4.69) is 16.2 Å². The summed E-state index contributed by atoms with van der Waals surface area (Å²) in [5.74, 6) is 2.32. The summed E-state index contributed by atoms with van der Waals surface area (Å²) in [6.45, 7) is 1.93. The molecule has 0 radical (unpaired) electrons. The number of fused-ring (bicyclic) bond motifs is 1. The van der Waals surface area contributed by atoms with Gasteiger partial charge >= 0.3 is 0 Å². The molecule has 0 atom stereocenters. The lowest BCUT2D eigenvalue weighted by Gasteiger charge is -2.11. The number of nitrogens with two attached hydrogens (primary N) is 1. The molecule has 5 nitrogen and oxygen atoms in total. The van der Waals surface area contributed by atoms with E-state index < -0.39 is 0 Å². The maximum Gasteiger partial charge on any atom is 0.273 e. The van der Waals surface area contributed by atoms with Crippen molar-refractivity contribution in [3.05, 3.63) is 71.9 Å². The molecule has 0 aliphatic rings. The molecule has 0 saturated heterocycles. The monoisotopic (exact) mass is 368 g/mol. The quantitative estimate of drug-likeness (QED) is 0.545. The molecule has 138 valence electrons. The van der Waals surface area contributed by atoms with Crippen molar-refractivity contribution in [2.24, 2.45) is 10.7 Å². The van der Waals surface area contributed by atoms with Gasteiger partial charge in [0, 0.05) is 29.2 Å². The summed E-state index contributed by atoms with van der Waals surface area (Å²) in [7, 11) is 1.54. The smallest absolute Gasteiger partial charge is 0.273 e. The van der Waals surface area contributed by atoms with Gasteiger partial charge in [-0.1, -0.05) is 18.1 Å². The van der Waals surface area contributed by atoms with Crippen molar-refractivity contribution in [2.75, 3.05) is 12.4 Å². The third-order valence-corrected chi connectivity index (χ3v) is 4.35. The molecule has 0 bridgehead atoms. The Balaban J connectivity index is 1.89. The Labute approximate surface area is 164 Å². The Morgan fingerprint density at radius 1 is 1.21 bits per heavy atom. The maximum atomic E-state index is 12.3. The standard InChI is InChI=1S/C23H20N4O/c1-4-16-5-8-20-18(14-16)7-10-21(26-20)17-6-9-19(15(2)13-17)27-23(28)22(25-3)11-12-24/h1,5-14H,24H2,2-3H3,(H,27,28). The summed E-state index contributed by atoms with van der Waals surface area (Å²) in [5.41, 5.74) is 10.8. The normalized spacial score (nSPS) is 11.5. The molecule has 1 heterocycles. The van der Waals surface area contributed by atoms with E-state index in [9.17, 15) is 4.79 Å². The van der Waals surface area contributed by atoms with Crippen molar-refractivity contribution in [3.63, 3.8) is 0 Å². The van der Waals surface area contributed by atoms with E-state index in [1.54, 1.807) is 7.05 Å². The minimum Gasteiger partial charge on any atom is -0.405 e. The second-order valence-electron chi connectivity index (χ2n) is 6.20. The number of pyridine rings is 1. The highest BCUT2D eigenvalue weighted by atomic mass is 16.1. The van der Waals surface area contributed by atoms with Gasteiger partial charge < -0.3 is 11.1 Å². The minimum atomic E-state index is -0.312. The van der Waals surface area contributed by atoms with Gasteiger partial charge in [0.25, 0.3) is 5.91 Å². The first kappa shape index (κ1) is 18.9. The largest absolute Gasteiger partial charge is 0.405 e. The molecule has 3 rings (SSSR count). The summed E-state index contributed by atoms with van der Waals surface area (Å²) in [5, 5.41) is 3.85. The van der Waals surface area contributed by atoms with E-state index in [1.165, 1.54) is 12.3 Å². The number of benzene rings is 2. The lowest BCUT2D eigenvalue weighted by molar-refractivity contribution is -0.110. The molecule has 0 aliphatic heterocycles. The number of rotatable bonds is 4. The van der Waals surface area contributed by atoms with Crippen LogP contribution in [0.2, 0.25) is 0 Å². The third kappa shape index (κ3) is 3.92. The number of nitrogens with one attached hydrogen (secondary N) is 1. The van der Waals surface area contributed by atoms with Crippen LogP contribution in [-0.4, -0.2) is 23.7 Å². The molecule has 2 aromatic carbocycles. The number of carbonyl (C=O) groups is 1. The summed E-state index contributed by atoms with van der Waals surface area (Å²) in [6.07, 6.45) is 8.20. The number of hydrogen-bond acceptors (Lipinski definition) is 4. The molecule has 0 unspecified atom stereocenters. The van der Waals surface area contributed by atoms with Crippen molar-refractivity contribution < 1.29 is 4.79 Å². The van der Waals surface area contributed by atoms with Crippen LogP contribution in [0.1, 0.15) is 11.1 Å². The number of terminal acetylenes is 1. The van der Waals surface area contributed by atoms with E-state index in [4.69, 9.17) is 17.1 Å². The summed E-state index contributed by atoms with van der Waals surface area (Å²) < 4.78 is 0. The molecule has 0 saturated carbocycles. The van der Waals surface area contributed by atoms with Crippen LogP contribution in [0, 0.1) is 19.3 Å². The fourth-order valence-electron chi connectivity index (χ4n) is 2.87. The van der Waals surface area contributed by atoms with Gasteiger partial charge in [-0.3, -0.25) is 9.79 Å². The van der Waals surface area contributed by atoms with Crippen molar-refractivity contribution in [3.8, 4) is 23.6 Å². The van der Waals surface area contributed by atoms with Crippen LogP contribution in [-0.2, 0) is 4.79 Å². The molecule has 1 amide bonds. The van der Waals surface area contributed by atoms with Crippen LogP contribution < -0.4 is 11.1 Å². The number of aryl methyl sites for hydroxylation is 1. The van der Waals surface area contributed by atoms with E-state index >= 15 is 0 Å². The predicted octanol–water partition coefficient (Wildman–Crippen LogP) is 3.67. The number of aliphatic imine (C=N–C) groups is 1. The molecule has 28 heavy (non-hydrogen) atoms. The molecule has 3 aromatic rings. The molecule has 0 aliphatic carbocycles. The van der Waals surface area contributed by atoms with Gasteiger partial charge in [-0.2, -0.15) is 0 Å². The lowest BCUT2D eigenvalue weighted by atomic mass is 10.0. The fraction of sp³-hybridized carbons (Fsp3) is 0.0870. The van der Waals surface area contributed by atoms with Gasteiger partial charge in [-0.15, -0.1) is 6.42 Å². The maximum absolute atomic E-state index is 12.3. The minimum absolute atomic E-state index is 0.258. The van der Waals surface area contributed by atoms with Crippen LogP contribution in [0.4, 0.5) is 5.69 Å². The Kier molecular flexibility index (Phi) is 5.52. The predicted molar refractivity (Wildman–Crippen MR) is 115 cm³/mol. The van der Waals surface area contributed by atoms with Crippen LogP contribution in [0.25, 0.3) is 22.2 Å². The van der Waals surface area contributed by atoms with E-state index in [0.29, 0.717) is 5.69 Å². The average molecular weight is 368 g/mol. The van der Waals surface area contributed by atoms with Crippen LogP contribution in [0.3, 0.4) is 0 Å². The topological polar surface area (TPSA) is 80.4 Å². The van der Waals surface area contributed by atoms with Gasteiger partial charge in [0.1, 0.15) is 5.71 Å². The number of hydrogen-bond donors (Lipinski definition) is 2. The molecular formula is C23H20N4O. The van der Waals surface area contributed by atoms with Crippen molar-refractivity contribution >= 4 is 28.2 Å². The highest BCUT2D eigenvalue weighted by Gasteiger charge is 2.11. The SMILES string of the molecule is C#Cc1ccc2nc(-c3ccc(NC(=O)C(C=CN)=NC)c(C)c3)ccc2c1. The molecule has 0 fully saturated rings. The van der Waals surface area contributed by atoms with E-state index in [1.807, 2.05) is 55.5 Å². The fourth-order valence-corrected chi connectivity index (χ4v) is 2.87. The second kappa shape index (κ2) is 8.19. The number of anilines is 1. The van der Waals surface area contributed by atoms with Crippen molar-refractivity contribution in [1.29, 1.82) is 0 Å². The van der Waals surface area contributed by atoms with Crippen LogP contribution in [0.15, 0.2) is 65.8 Å². The first-order valence-corrected chi connectivity index (χ1v) is 8.70. The van der Waals surface area contributed by atoms with Gasteiger partial charge in [0.05, 0.1) is 11.2 Å². The molecule has 0 spiro atoms. The highest BCUT2D eigenvalue weighted by Crippen LogP contribution is 2.26. The van der Waals surface area contributed by atoms with Crippen molar-refractivity contribution in [2.45, 2.75) is 6.92 Å². The molecular weight excluding hydrogens is 348 g/mol. The number of nitrogens with zero attached hydrogens (tertiary/aromatic N) is 2. The highest BCUT2D eigenvalue weighted by molar-refractivity contribution is 6.47. The Bertz CT molecular complexity index is 1150. The number of carbonyl (C=O) groups excluding carboxylic acids is 1. The summed E-state index contributed by atoms with van der Waals surface area (Å²) >= 11 is 0. The molecule has 3 N–H and O–H groups in total. The van der Waals surface area contributed by atoms with Gasteiger partial charge in [0.2, 0.25) is 0 Å².